The minimum atomic E-state index is -0.935. The molecule has 4 nitrogen and oxygen atoms in total. The van der Waals surface area contributed by atoms with Crippen LogP contribution < -0.4 is 5.32 Å². The van der Waals surface area contributed by atoms with Gasteiger partial charge in [-0.2, -0.15) is 0 Å². The number of hydrogen-bond donors (Lipinski definition) is 3. The van der Waals surface area contributed by atoms with Gasteiger partial charge in [0.2, 0.25) is 0 Å². The molecule has 0 aromatic carbocycles. The molecule has 2 saturated carbocycles. The monoisotopic (exact) mass is 171 g/mol. The molecular formula is C8H13NO3. The number of aliphatic hydroxyl groups is 1. The van der Waals surface area contributed by atoms with E-state index in [1.54, 1.807) is 0 Å². The molecule has 0 aromatic rings. The fraction of sp³-hybridized carbons (Fsp3) is 0.875. The van der Waals surface area contributed by atoms with Crippen molar-refractivity contribution in [3.63, 3.8) is 0 Å². The number of carboxylic acid groups (broad SMARTS) is 1. The number of aliphatic hydroxyl groups excluding tert-OH is 1. The van der Waals surface area contributed by atoms with Gasteiger partial charge in [0, 0.05) is 6.04 Å². The fourth-order valence-electron chi connectivity index (χ4n) is 2.54. The highest BCUT2D eigenvalue weighted by Crippen LogP contribution is 2.55. The molecule has 12 heavy (non-hydrogen) atoms. The van der Waals surface area contributed by atoms with Crippen LogP contribution in [0.5, 0.6) is 0 Å². The van der Waals surface area contributed by atoms with Gasteiger partial charge in [-0.1, -0.05) is 0 Å². The molecule has 3 N–H and O–H groups in total. The number of rotatable bonds is 1. The predicted molar refractivity (Wildman–Crippen MR) is 41.9 cm³/mol. The van der Waals surface area contributed by atoms with Crippen molar-refractivity contribution in [1.29, 1.82) is 0 Å². The molecule has 2 aliphatic rings. The molecular weight excluding hydrogens is 158 g/mol. The highest BCUT2D eigenvalue weighted by atomic mass is 16.4. The molecule has 0 bridgehead atoms. The summed E-state index contributed by atoms with van der Waals surface area (Å²) < 4.78 is 0. The lowest BCUT2D eigenvalue weighted by molar-refractivity contribution is -0.0953. The number of hydrogen-bond acceptors (Lipinski definition) is 2. The summed E-state index contributed by atoms with van der Waals surface area (Å²) in [6.07, 6.45) is 2.49. The number of nitrogens with one attached hydrogen (secondary N) is 1. The van der Waals surface area contributed by atoms with Crippen molar-refractivity contribution in [2.24, 2.45) is 5.41 Å². The second kappa shape index (κ2) is 2.36. The predicted octanol–water partition coefficient (Wildman–Crippen LogP) is 0.557. The van der Waals surface area contributed by atoms with Crippen LogP contribution in [0.1, 0.15) is 25.7 Å². The molecule has 0 heterocycles. The van der Waals surface area contributed by atoms with Crippen LogP contribution >= 0.6 is 0 Å². The van der Waals surface area contributed by atoms with Crippen LogP contribution in [-0.4, -0.2) is 28.5 Å². The van der Waals surface area contributed by atoms with E-state index in [2.05, 4.69) is 5.32 Å². The van der Waals surface area contributed by atoms with Gasteiger partial charge in [-0.3, -0.25) is 0 Å². The largest absolute Gasteiger partial charge is 0.465 e. The Labute approximate surface area is 70.6 Å². The Morgan fingerprint density at radius 2 is 1.92 bits per heavy atom. The van der Waals surface area contributed by atoms with Crippen molar-refractivity contribution in [2.45, 2.75) is 37.8 Å². The van der Waals surface area contributed by atoms with Gasteiger partial charge >= 0.3 is 6.09 Å². The van der Waals surface area contributed by atoms with Gasteiger partial charge < -0.3 is 15.5 Å². The zero-order valence-corrected chi connectivity index (χ0v) is 6.79. The van der Waals surface area contributed by atoms with Gasteiger partial charge in [0.1, 0.15) is 0 Å². The topological polar surface area (TPSA) is 69.6 Å². The van der Waals surface area contributed by atoms with Gasteiger partial charge in [0.15, 0.2) is 0 Å². The maximum absolute atomic E-state index is 10.2. The fourth-order valence-corrected chi connectivity index (χ4v) is 2.54. The first kappa shape index (κ1) is 7.86. The quantitative estimate of drug-likeness (QED) is 0.539. The Morgan fingerprint density at radius 3 is 2.33 bits per heavy atom. The first-order chi connectivity index (χ1) is 5.60. The summed E-state index contributed by atoms with van der Waals surface area (Å²) in [6.45, 7) is 0. The molecule has 0 saturated heterocycles. The smallest absolute Gasteiger partial charge is 0.404 e. The van der Waals surface area contributed by atoms with Crippen molar-refractivity contribution >= 4 is 6.09 Å². The highest BCUT2D eigenvalue weighted by Gasteiger charge is 2.52. The van der Waals surface area contributed by atoms with Crippen LogP contribution in [0.15, 0.2) is 0 Å². The third-order valence-electron chi connectivity index (χ3n) is 3.02. The lowest BCUT2D eigenvalue weighted by atomic mass is 9.53. The van der Waals surface area contributed by atoms with Crippen molar-refractivity contribution in [3.05, 3.63) is 0 Å². The zero-order valence-electron chi connectivity index (χ0n) is 6.79. The average molecular weight is 171 g/mol. The third kappa shape index (κ3) is 1.16. The molecule has 0 radical (unpaired) electrons. The summed E-state index contributed by atoms with van der Waals surface area (Å²) in [5.41, 5.74) is 0.298. The van der Waals surface area contributed by atoms with Crippen molar-refractivity contribution in [3.8, 4) is 0 Å². The van der Waals surface area contributed by atoms with E-state index in [-0.39, 0.29) is 12.1 Å². The van der Waals surface area contributed by atoms with E-state index in [0.29, 0.717) is 5.41 Å². The first-order valence-corrected chi connectivity index (χ1v) is 4.27. The van der Waals surface area contributed by atoms with E-state index in [4.69, 9.17) is 10.2 Å². The molecule has 2 fully saturated rings. The highest BCUT2D eigenvalue weighted by molar-refractivity contribution is 5.65. The van der Waals surface area contributed by atoms with Crippen LogP contribution in [0, 0.1) is 5.41 Å². The summed E-state index contributed by atoms with van der Waals surface area (Å²) in [5, 5.41) is 19.9. The summed E-state index contributed by atoms with van der Waals surface area (Å²) in [6, 6.07) is 0.134. The van der Waals surface area contributed by atoms with Gasteiger partial charge in [0.05, 0.1) is 6.10 Å². The minimum Gasteiger partial charge on any atom is -0.465 e. The second-order valence-electron chi connectivity index (χ2n) is 4.12. The maximum atomic E-state index is 10.2. The van der Waals surface area contributed by atoms with Crippen LogP contribution in [0.3, 0.4) is 0 Å². The Bertz CT molecular complexity index is 202. The Balaban J connectivity index is 1.74. The van der Waals surface area contributed by atoms with Crippen molar-refractivity contribution in [1.82, 2.24) is 5.32 Å². The molecule has 2 rings (SSSR count). The summed E-state index contributed by atoms with van der Waals surface area (Å²) >= 11 is 0. The van der Waals surface area contributed by atoms with Crippen LogP contribution in [0.4, 0.5) is 4.79 Å². The van der Waals surface area contributed by atoms with Crippen molar-refractivity contribution < 1.29 is 15.0 Å². The van der Waals surface area contributed by atoms with E-state index in [1.807, 2.05) is 0 Å². The summed E-state index contributed by atoms with van der Waals surface area (Å²) in [4.78, 5) is 10.2. The van der Waals surface area contributed by atoms with E-state index in [1.165, 1.54) is 0 Å². The standard InChI is InChI=1S/C8H13NO3/c10-6-3-8(4-6)1-5(2-8)9-7(11)12/h5-6,9-10H,1-4H2,(H,11,12). The molecule has 0 atom stereocenters. The molecule has 1 spiro atoms. The van der Waals surface area contributed by atoms with E-state index in [0.717, 1.165) is 25.7 Å². The van der Waals surface area contributed by atoms with E-state index >= 15 is 0 Å². The summed E-state index contributed by atoms with van der Waals surface area (Å²) in [7, 11) is 0. The van der Waals surface area contributed by atoms with Crippen LogP contribution in [-0.2, 0) is 0 Å². The Kier molecular flexibility index (Phi) is 1.54. The van der Waals surface area contributed by atoms with Crippen molar-refractivity contribution in [2.75, 3.05) is 0 Å². The minimum absolute atomic E-state index is 0.129. The van der Waals surface area contributed by atoms with Gasteiger partial charge in [0.25, 0.3) is 0 Å². The SMILES string of the molecule is O=C(O)NC1CC2(CC(O)C2)C1. The Morgan fingerprint density at radius 1 is 1.33 bits per heavy atom. The lowest BCUT2D eigenvalue weighted by Crippen LogP contribution is -2.57. The molecule has 1 amide bonds. The molecule has 4 heteroatoms. The van der Waals surface area contributed by atoms with Gasteiger partial charge in [-0.25, -0.2) is 4.79 Å². The molecule has 0 aliphatic heterocycles. The second-order valence-corrected chi connectivity index (χ2v) is 4.12. The molecule has 0 unspecified atom stereocenters. The maximum Gasteiger partial charge on any atom is 0.404 e. The first-order valence-electron chi connectivity index (χ1n) is 4.27. The van der Waals surface area contributed by atoms with Gasteiger partial charge in [-0.15, -0.1) is 0 Å². The zero-order chi connectivity index (χ0) is 8.77. The van der Waals surface area contributed by atoms with Crippen LogP contribution in [0.2, 0.25) is 0 Å². The number of carbonyl (C=O) groups is 1. The molecule has 68 valence electrons. The Hall–Kier alpha value is -0.770. The van der Waals surface area contributed by atoms with Crippen LogP contribution in [0.25, 0.3) is 0 Å². The van der Waals surface area contributed by atoms with E-state index in [9.17, 15) is 4.79 Å². The van der Waals surface area contributed by atoms with E-state index < -0.39 is 6.09 Å². The molecule has 2 aliphatic carbocycles. The average Bonchev–Trinajstić information content (AvgIpc) is 1.78. The number of amides is 1. The summed E-state index contributed by atoms with van der Waals surface area (Å²) in [5.74, 6) is 0. The third-order valence-corrected chi connectivity index (χ3v) is 3.02. The lowest BCUT2D eigenvalue weighted by Gasteiger charge is -2.56. The van der Waals surface area contributed by atoms with Gasteiger partial charge in [-0.05, 0) is 31.1 Å². The normalized spacial score (nSPS) is 44.8. The molecule has 0 aromatic heterocycles.